The van der Waals surface area contributed by atoms with Crippen LogP contribution < -0.4 is 14.8 Å². The van der Waals surface area contributed by atoms with Crippen LogP contribution in [0.4, 0.5) is 18.9 Å². The standard InChI is InChI=1S/C32H32F3N3O6S/c1-20(2)18-26(31(40)41)36-30(39)29-28(22-9-5-4-6-10-22)25-19-23(13-16-27(25)38(29)3)37-45(42,43)17-7-8-21-11-14-24(15-12-21)44-32(33,34)35/h4-16,19-20,26,37H,17-18H2,1-3H3,(H,36,39)(H,40,41). The Hall–Kier alpha value is -4.78. The number of carboxylic acid groups (broad SMARTS) is 1. The minimum atomic E-state index is -4.81. The van der Waals surface area contributed by atoms with Crippen LogP contribution in [0.2, 0.25) is 0 Å². The summed E-state index contributed by atoms with van der Waals surface area (Å²) in [6.45, 7) is 3.72. The van der Waals surface area contributed by atoms with Crippen LogP contribution in [0.25, 0.3) is 28.1 Å². The SMILES string of the molecule is CC(C)CC(NC(=O)c1c(-c2ccccc2)c2cc(NS(=O)(=O)CC=Cc3ccc(OC(F)(F)F)cc3)ccc2n1C)C(=O)O. The molecule has 238 valence electrons. The van der Waals surface area contributed by atoms with Crippen LogP contribution in [-0.2, 0) is 21.9 Å². The Bertz CT molecular complexity index is 1820. The van der Waals surface area contributed by atoms with Crippen molar-refractivity contribution < 1.29 is 41.0 Å². The summed E-state index contributed by atoms with van der Waals surface area (Å²) in [4.78, 5) is 25.5. The van der Waals surface area contributed by atoms with Crippen molar-refractivity contribution in [3.8, 4) is 16.9 Å². The lowest BCUT2D eigenvalue weighted by molar-refractivity contribution is -0.274. The second-order valence-corrected chi connectivity index (χ2v) is 12.5. The molecule has 1 amide bonds. The number of amides is 1. The second kappa shape index (κ2) is 13.5. The van der Waals surface area contributed by atoms with Crippen LogP contribution >= 0.6 is 0 Å². The zero-order chi connectivity index (χ0) is 32.9. The van der Waals surface area contributed by atoms with Gasteiger partial charge in [-0.1, -0.05) is 68.5 Å². The van der Waals surface area contributed by atoms with E-state index in [1.54, 1.807) is 54.1 Å². The Labute approximate surface area is 258 Å². The summed E-state index contributed by atoms with van der Waals surface area (Å²) in [7, 11) is -2.22. The van der Waals surface area contributed by atoms with E-state index in [0.717, 1.165) is 12.1 Å². The highest BCUT2D eigenvalue weighted by Gasteiger charge is 2.31. The van der Waals surface area contributed by atoms with Crippen molar-refractivity contribution in [2.45, 2.75) is 32.7 Å². The molecule has 3 aromatic carbocycles. The number of alkyl halides is 3. The van der Waals surface area contributed by atoms with Crippen molar-refractivity contribution in [1.29, 1.82) is 0 Å². The summed E-state index contributed by atoms with van der Waals surface area (Å²) in [5.41, 5.74) is 2.75. The van der Waals surface area contributed by atoms with Crippen molar-refractivity contribution in [2.24, 2.45) is 13.0 Å². The number of ether oxygens (including phenoxy) is 1. The average molecular weight is 644 g/mol. The molecule has 4 rings (SSSR count). The first-order valence-electron chi connectivity index (χ1n) is 13.9. The third-order valence-electron chi connectivity index (χ3n) is 6.80. The van der Waals surface area contributed by atoms with Crippen molar-refractivity contribution in [2.75, 3.05) is 10.5 Å². The number of benzene rings is 3. The van der Waals surface area contributed by atoms with E-state index in [-0.39, 0.29) is 23.7 Å². The normalized spacial score (nSPS) is 12.9. The molecular formula is C32H32F3N3O6S. The first kappa shape index (κ1) is 33.1. The number of hydrogen-bond acceptors (Lipinski definition) is 5. The summed E-state index contributed by atoms with van der Waals surface area (Å²) in [5.74, 6) is -2.51. The zero-order valence-corrected chi connectivity index (χ0v) is 25.4. The van der Waals surface area contributed by atoms with Gasteiger partial charge in [0.1, 0.15) is 17.5 Å². The van der Waals surface area contributed by atoms with Gasteiger partial charge in [0.15, 0.2) is 0 Å². The van der Waals surface area contributed by atoms with Gasteiger partial charge in [0.2, 0.25) is 10.0 Å². The van der Waals surface area contributed by atoms with E-state index in [1.165, 1.54) is 24.3 Å². The molecule has 1 heterocycles. The number of fused-ring (bicyclic) bond motifs is 1. The Morgan fingerprint density at radius 2 is 1.69 bits per heavy atom. The Morgan fingerprint density at radius 3 is 2.29 bits per heavy atom. The van der Waals surface area contributed by atoms with Gasteiger partial charge in [0.05, 0.1) is 5.75 Å². The first-order valence-corrected chi connectivity index (χ1v) is 15.5. The highest BCUT2D eigenvalue weighted by atomic mass is 32.2. The number of aryl methyl sites for hydroxylation is 1. The summed E-state index contributed by atoms with van der Waals surface area (Å²) in [6, 6.07) is 17.7. The zero-order valence-electron chi connectivity index (χ0n) is 24.6. The molecule has 0 bridgehead atoms. The topological polar surface area (TPSA) is 127 Å². The van der Waals surface area contributed by atoms with Gasteiger partial charge in [-0.25, -0.2) is 13.2 Å². The van der Waals surface area contributed by atoms with Gasteiger partial charge in [0, 0.05) is 29.2 Å². The number of aliphatic carboxylic acids is 1. The number of rotatable bonds is 12. The highest BCUT2D eigenvalue weighted by molar-refractivity contribution is 7.92. The molecular weight excluding hydrogens is 611 g/mol. The van der Waals surface area contributed by atoms with Gasteiger partial charge < -0.3 is 19.7 Å². The third-order valence-corrected chi connectivity index (χ3v) is 7.98. The number of nitrogens with one attached hydrogen (secondary N) is 2. The van der Waals surface area contributed by atoms with Crippen LogP contribution in [0.5, 0.6) is 5.75 Å². The maximum Gasteiger partial charge on any atom is 0.573 e. The number of halogens is 3. The number of nitrogens with zero attached hydrogens (tertiary/aromatic N) is 1. The molecule has 0 saturated carbocycles. The lowest BCUT2D eigenvalue weighted by Crippen LogP contribution is -2.42. The fourth-order valence-electron chi connectivity index (χ4n) is 4.90. The molecule has 0 fully saturated rings. The summed E-state index contributed by atoms with van der Waals surface area (Å²) >= 11 is 0. The molecule has 0 saturated heterocycles. The maximum atomic E-state index is 13.6. The lowest BCUT2D eigenvalue weighted by Gasteiger charge is -2.17. The van der Waals surface area contributed by atoms with E-state index in [9.17, 15) is 36.3 Å². The monoisotopic (exact) mass is 643 g/mol. The largest absolute Gasteiger partial charge is 0.573 e. The van der Waals surface area contributed by atoms with Gasteiger partial charge in [0.25, 0.3) is 5.91 Å². The highest BCUT2D eigenvalue weighted by Crippen LogP contribution is 2.36. The summed E-state index contributed by atoms with van der Waals surface area (Å²) in [5, 5.41) is 12.9. The van der Waals surface area contributed by atoms with Crippen LogP contribution in [0.1, 0.15) is 36.3 Å². The predicted octanol–water partition coefficient (Wildman–Crippen LogP) is 6.43. The molecule has 13 heteroatoms. The molecule has 0 aliphatic carbocycles. The molecule has 1 atom stereocenters. The molecule has 0 aliphatic heterocycles. The molecule has 0 aliphatic rings. The van der Waals surface area contributed by atoms with E-state index < -0.39 is 45.8 Å². The minimum absolute atomic E-state index is 0.0244. The number of carboxylic acids is 1. The molecule has 45 heavy (non-hydrogen) atoms. The quantitative estimate of drug-likeness (QED) is 0.163. The molecule has 9 nitrogen and oxygen atoms in total. The number of hydrogen-bond donors (Lipinski definition) is 3. The average Bonchev–Trinajstić information content (AvgIpc) is 3.24. The summed E-state index contributed by atoms with van der Waals surface area (Å²) in [6.07, 6.45) is -1.76. The van der Waals surface area contributed by atoms with Crippen LogP contribution in [-0.4, -0.2) is 48.1 Å². The first-order chi connectivity index (χ1) is 21.1. The second-order valence-electron chi connectivity index (χ2n) is 10.8. The van der Waals surface area contributed by atoms with Gasteiger partial charge in [-0.15, -0.1) is 13.2 Å². The molecule has 1 aromatic heterocycles. The van der Waals surface area contributed by atoms with Gasteiger partial charge in [-0.05, 0) is 53.8 Å². The summed E-state index contributed by atoms with van der Waals surface area (Å²) < 4.78 is 70.9. The Morgan fingerprint density at radius 1 is 1.02 bits per heavy atom. The number of anilines is 1. The number of sulfonamides is 1. The Balaban J connectivity index is 1.61. The van der Waals surface area contributed by atoms with Crippen LogP contribution in [0.15, 0.2) is 78.9 Å². The van der Waals surface area contributed by atoms with E-state index in [1.807, 2.05) is 19.9 Å². The fraction of sp³-hybridized carbons (Fsp3) is 0.250. The Kier molecular flexibility index (Phi) is 9.91. The number of carbonyl (C=O) groups excluding carboxylic acids is 1. The molecule has 3 N–H and O–H groups in total. The van der Waals surface area contributed by atoms with Gasteiger partial charge in [-0.2, -0.15) is 0 Å². The van der Waals surface area contributed by atoms with Crippen molar-refractivity contribution in [3.05, 3.63) is 90.1 Å². The fourth-order valence-corrected chi connectivity index (χ4v) is 5.82. The maximum absolute atomic E-state index is 13.6. The smallest absolute Gasteiger partial charge is 0.480 e. The van der Waals surface area contributed by atoms with Crippen molar-refractivity contribution in [3.63, 3.8) is 0 Å². The van der Waals surface area contributed by atoms with E-state index >= 15 is 0 Å². The molecule has 4 aromatic rings. The van der Waals surface area contributed by atoms with Gasteiger partial charge in [-0.3, -0.25) is 9.52 Å². The molecule has 0 spiro atoms. The van der Waals surface area contributed by atoms with E-state index in [2.05, 4.69) is 14.8 Å². The van der Waals surface area contributed by atoms with E-state index in [4.69, 9.17) is 0 Å². The third kappa shape index (κ3) is 8.66. The van der Waals surface area contributed by atoms with Crippen molar-refractivity contribution in [1.82, 2.24) is 9.88 Å². The number of carbonyl (C=O) groups is 2. The van der Waals surface area contributed by atoms with Crippen molar-refractivity contribution >= 4 is 44.6 Å². The lowest BCUT2D eigenvalue weighted by atomic mass is 10.00. The number of aromatic nitrogens is 1. The predicted molar refractivity (Wildman–Crippen MR) is 166 cm³/mol. The van der Waals surface area contributed by atoms with Crippen LogP contribution in [0, 0.1) is 5.92 Å². The molecule has 0 radical (unpaired) electrons. The van der Waals surface area contributed by atoms with Gasteiger partial charge >= 0.3 is 12.3 Å². The minimum Gasteiger partial charge on any atom is -0.480 e. The van der Waals surface area contributed by atoms with Crippen LogP contribution in [0.3, 0.4) is 0 Å². The van der Waals surface area contributed by atoms with E-state index in [0.29, 0.717) is 27.6 Å². The molecule has 1 unspecified atom stereocenters.